The van der Waals surface area contributed by atoms with Crippen molar-refractivity contribution in [3.05, 3.63) is 42.0 Å². The van der Waals surface area contributed by atoms with E-state index in [1.165, 1.54) is 0 Å². The van der Waals surface area contributed by atoms with Crippen LogP contribution in [0.2, 0.25) is 0 Å². The van der Waals surface area contributed by atoms with Gasteiger partial charge in [0.15, 0.2) is 11.6 Å². The molecule has 0 atom stereocenters. The summed E-state index contributed by atoms with van der Waals surface area (Å²) in [7, 11) is 1.62. The van der Waals surface area contributed by atoms with Crippen molar-refractivity contribution in [2.75, 3.05) is 56.2 Å². The third kappa shape index (κ3) is 4.30. The Morgan fingerprint density at radius 2 is 1.67 bits per heavy atom. The van der Waals surface area contributed by atoms with Gasteiger partial charge in [0.05, 0.1) is 7.11 Å². The number of piperazine rings is 1. The SMILES string of the molecule is CCN(CC)c1ccc(N2CCN(C(=O)c3ccc(OC)cc3)CC2)nn1. The molecule has 0 aliphatic carbocycles. The highest BCUT2D eigenvalue weighted by Gasteiger charge is 2.23. The van der Waals surface area contributed by atoms with Gasteiger partial charge in [-0.25, -0.2) is 0 Å². The standard InChI is InChI=1S/C20H27N5O2/c1-4-23(5-2)18-10-11-19(22-21-18)24-12-14-25(15-13-24)20(26)16-6-8-17(27-3)9-7-16/h6-11H,4-5,12-15H2,1-3H3. The van der Waals surface area contributed by atoms with E-state index in [0.717, 1.165) is 43.6 Å². The number of carbonyl (C=O) groups is 1. The molecular weight excluding hydrogens is 342 g/mol. The first-order valence-corrected chi connectivity index (χ1v) is 9.43. The summed E-state index contributed by atoms with van der Waals surface area (Å²) in [6, 6.07) is 11.3. The molecule has 0 unspecified atom stereocenters. The molecule has 7 nitrogen and oxygen atoms in total. The lowest BCUT2D eigenvalue weighted by molar-refractivity contribution is 0.0746. The molecule has 1 aliphatic rings. The Morgan fingerprint density at radius 3 is 2.19 bits per heavy atom. The summed E-state index contributed by atoms with van der Waals surface area (Å²) in [5.41, 5.74) is 0.688. The normalized spacial score (nSPS) is 14.2. The molecule has 0 radical (unpaired) electrons. The lowest BCUT2D eigenvalue weighted by Crippen LogP contribution is -2.49. The molecule has 1 amide bonds. The van der Waals surface area contributed by atoms with Crippen molar-refractivity contribution in [3.8, 4) is 5.75 Å². The maximum absolute atomic E-state index is 12.7. The molecule has 3 rings (SSSR count). The Morgan fingerprint density at radius 1 is 1.00 bits per heavy atom. The van der Waals surface area contributed by atoms with Gasteiger partial charge in [0.1, 0.15) is 5.75 Å². The first-order chi connectivity index (χ1) is 13.2. The van der Waals surface area contributed by atoms with Crippen LogP contribution in [0.25, 0.3) is 0 Å². The molecule has 1 fully saturated rings. The average molecular weight is 369 g/mol. The lowest BCUT2D eigenvalue weighted by Gasteiger charge is -2.35. The maximum atomic E-state index is 12.7. The topological polar surface area (TPSA) is 61.8 Å². The van der Waals surface area contributed by atoms with Gasteiger partial charge >= 0.3 is 0 Å². The molecule has 0 bridgehead atoms. The first-order valence-electron chi connectivity index (χ1n) is 9.43. The van der Waals surface area contributed by atoms with E-state index in [0.29, 0.717) is 18.7 Å². The highest BCUT2D eigenvalue weighted by molar-refractivity contribution is 5.94. The van der Waals surface area contributed by atoms with E-state index < -0.39 is 0 Å². The van der Waals surface area contributed by atoms with Gasteiger partial charge in [-0.3, -0.25) is 4.79 Å². The second-order valence-electron chi connectivity index (χ2n) is 6.43. The van der Waals surface area contributed by atoms with Crippen molar-refractivity contribution in [2.24, 2.45) is 0 Å². The monoisotopic (exact) mass is 369 g/mol. The molecule has 1 aromatic heterocycles. The van der Waals surface area contributed by atoms with Crippen LogP contribution in [0.4, 0.5) is 11.6 Å². The number of ether oxygens (including phenoxy) is 1. The fourth-order valence-corrected chi connectivity index (χ4v) is 3.26. The van der Waals surface area contributed by atoms with Gasteiger partial charge in [0.25, 0.3) is 5.91 Å². The minimum absolute atomic E-state index is 0.0558. The fourth-order valence-electron chi connectivity index (χ4n) is 3.26. The predicted octanol–water partition coefficient (Wildman–Crippen LogP) is 2.29. The quantitative estimate of drug-likeness (QED) is 0.779. The highest BCUT2D eigenvalue weighted by atomic mass is 16.5. The van der Waals surface area contributed by atoms with Crippen LogP contribution in [0.3, 0.4) is 0 Å². The van der Waals surface area contributed by atoms with Gasteiger partial charge < -0.3 is 19.4 Å². The molecule has 1 aliphatic heterocycles. The Kier molecular flexibility index (Phi) is 6.11. The van der Waals surface area contributed by atoms with Crippen molar-refractivity contribution >= 4 is 17.5 Å². The summed E-state index contributed by atoms with van der Waals surface area (Å²) >= 11 is 0. The van der Waals surface area contributed by atoms with E-state index in [2.05, 4.69) is 33.8 Å². The summed E-state index contributed by atoms with van der Waals surface area (Å²) in [5.74, 6) is 2.57. The average Bonchev–Trinajstić information content (AvgIpc) is 2.75. The number of amides is 1. The summed E-state index contributed by atoms with van der Waals surface area (Å²) in [5, 5.41) is 8.74. The molecule has 1 saturated heterocycles. The van der Waals surface area contributed by atoms with Crippen LogP contribution >= 0.6 is 0 Å². The molecule has 0 N–H and O–H groups in total. The van der Waals surface area contributed by atoms with Crippen molar-refractivity contribution < 1.29 is 9.53 Å². The molecule has 0 saturated carbocycles. The molecule has 1 aromatic carbocycles. The van der Waals surface area contributed by atoms with Crippen LogP contribution in [0, 0.1) is 0 Å². The van der Waals surface area contributed by atoms with Crippen molar-refractivity contribution in [3.63, 3.8) is 0 Å². The van der Waals surface area contributed by atoms with Crippen LogP contribution in [-0.2, 0) is 0 Å². The fraction of sp³-hybridized carbons (Fsp3) is 0.450. The van der Waals surface area contributed by atoms with Gasteiger partial charge in [0.2, 0.25) is 0 Å². The van der Waals surface area contributed by atoms with Gasteiger partial charge in [0, 0.05) is 44.8 Å². The zero-order chi connectivity index (χ0) is 19.2. The van der Waals surface area contributed by atoms with Gasteiger partial charge in [-0.2, -0.15) is 0 Å². The third-order valence-corrected chi connectivity index (χ3v) is 4.95. The summed E-state index contributed by atoms with van der Waals surface area (Å²) in [6.45, 7) is 8.89. The molecule has 7 heteroatoms. The zero-order valence-corrected chi connectivity index (χ0v) is 16.3. The number of methoxy groups -OCH3 is 1. The smallest absolute Gasteiger partial charge is 0.253 e. The number of benzene rings is 1. The third-order valence-electron chi connectivity index (χ3n) is 4.95. The van der Waals surface area contributed by atoms with E-state index in [9.17, 15) is 4.79 Å². The zero-order valence-electron chi connectivity index (χ0n) is 16.3. The van der Waals surface area contributed by atoms with Crippen LogP contribution in [0.5, 0.6) is 5.75 Å². The molecule has 2 heterocycles. The molecular formula is C20H27N5O2. The van der Waals surface area contributed by atoms with Crippen LogP contribution in [-0.4, -0.2) is 67.4 Å². The number of rotatable bonds is 6. The van der Waals surface area contributed by atoms with E-state index in [1.807, 2.05) is 41.3 Å². The number of aromatic nitrogens is 2. The Balaban J connectivity index is 1.58. The number of nitrogens with zero attached hydrogens (tertiary/aromatic N) is 5. The van der Waals surface area contributed by atoms with Crippen LogP contribution in [0.15, 0.2) is 36.4 Å². The molecule has 2 aromatic rings. The minimum atomic E-state index is 0.0558. The van der Waals surface area contributed by atoms with Crippen molar-refractivity contribution in [2.45, 2.75) is 13.8 Å². The van der Waals surface area contributed by atoms with E-state index in [-0.39, 0.29) is 5.91 Å². The van der Waals surface area contributed by atoms with Crippen molar-refractivity contribution in [1.82, 2.24) is 15.1 Å². The number of hydrogen-bond acceptors (Lipinski definition) is 6. The highest BCUT2D eigenvalue weighted by Crippen LogP contribution is 2.18. The maximum Gasteiger partial charge on any atom is 0.253 e. The lowest BCUT2D eigenvalue weighted by atomic mass is 10.1. The van der Waals surface area contributed by atoms with E-state index in [1.54, 1.807) is 7.11 Å². The van der Waals surface area contributed by atoms with Gasteiger partial charge in [-0.1, -0.05) is 0 Å². The molecule has 144 valence electrons. The Labute approximate surface area is 160 Å². The second kappa shape index (κ2) is 8.70. The first kappa shape index (κ1) is 18.9. The number of hydrogen-bond donors (Lipinski definition) is 0. The van der Waals surface area contributed by atoms with E-state index >= 15 is 0 Å². The minimum Gasteiger partial charge on any atom is -0.497 e. The summed E-state index contributed by atoms with van der Waals surface area (Å²) in [4.78, 5) is 18.9. The summed E-state index contributed by atoms with van der Waals surface area (Å²) < 4.78 is 5.15. The Hall–Kier alpha value is -2.83. The largest absolute Gasteiger partial charge is 0.497 e. The predicted molar refractivity (Wildman–Crippen MR) is 107 cm³/mol. The van der Waals surface area contributed by atoms with Gasteiger partial charge in [-0.15, -0.1) is 10.2 Å². The van der Waals surface area contributed by atoms with Gasteiger partial charge in [-0.05, 0) is 50.2 Å². The summed E-state index contributed by atoms with van der Waals surface area (Å²) in [6.07, 6.45) is 0. The Bertz CT molecular complexity index is 736. The molecule has 27 heavy (non-hydrogen) atoms. The van der Waals surface area contributed by atoms with Crippen LogP contribution < -0.4 is 14.5 Å². The van der Waals surface area contributed by atoms with Crippen LogP contribution in [0.1, 0.15) is 24.2 Å². The second-order valence-corrected chi connectivity index (χ2v) is 6.43. The number of carbonyl (C=O) groups excluding carboxylic acids is 1. The number of anilines is 2. The van der Waals surface area contributed by atoms with E-state index in [4.69, 9.17) is 4.74 Å². The molecule has 0 spiro atoms. The van der Waals surface area contributed by atoms with Crippen molar-refractivity contribution in [1.29, 1.82) is 0 Å².